The normalized spacial score (nSPS) is 25.9. The summed E-state index contributed by atoms with van der Waals surface area (Å²) in [6.45, 7) is 2.28. The summed E-state index contributed by atoms with van der Waals surface area (Å²) >= 11 is 0. The van der Waals surface area contributed by atoms with Crippen LogP contribution in [0.4, 0.5) is 13.2 Å². The molecule has 33 heavy (non-hydrogen) atoms. The van der Waals surface area contributed by atoms with Crippen LogP contribution in [-0.4, -0.2) is 32.1 Å². The maximum Gasteiger partial charge on any atom is 0.416 e. The minimum atomic E-state index is -4.39. The summed E-state index contributed by atoms with van der Waals surface area (Å²) in [5, 5.41) is 13.0. The number of hydrogen-bond donors (Lipinski definition) is 2. The van der Waals surface area contributed by atoms with E-state index >= 15 is 0 Å². The second-order valence-corrected chi connectivity index (χ2v) is 9.38. The molecular formula is C24H22F3N3O3. The number of carbonyl (C=O) groups excluding carboxylic acids is 1. The Bertz CT molecular complexity index is 1260. The molecule has 3 saturated carbocycles. The molecule has 0 unspecified atom stereocenters. The van der Waals surface area contributed by atoms with Crippen LogP contribution in [0.5, 0.6) is 0 Å². The maximum atomic E-state index is 13.2. The van der Waals surface area contributed by atoms with E-state index in [9.17, 15) is 22.8 Å². The van der Waals surface area contributed by atoms with Gasteiger partial charge in [-0.2, -0.15) is 13.2 Å². The number of hydrogen-bond acceptors (Lipinski definition) is 3. The molecule has 0 saturated heterocycles. The van der Waals surface area contributed by atoms with E-state index in [0.717, 1.165) is 17.5 Å². The van der Waals surface area contributed by atoms with Crippen LogP contribution in [0.3, 0.4) is 0 Å². The van der Waals surface area contributed by atoms with Gasteiger partial charge in [0, 0.05) is 36.1 Å². The Morgan fingerprint density at radius 3 is 2.48 bits per heavy atom. The maximum absolute atomic E-state index is 13.2. The average Bonchev–Trinajstić information content (AvgIpc) is 3.14. The first-order chi connectivity index (χ1) is 15.5. The molecule has 3 aliphatic rings. The molecule has 3 aromatic rings. The third-order valence-corrected chi connectivity index (χ3v) is 7.49. The first kappa shape index (κ1) is 21.5. The fraction of sp³-hybridized carbons (Fsp3) is 0.375. The number of nitrogens with one attached hydrogen (secondary N) is 1. The SMILES string of the molecule is C[C@H]1C2(CC(=O)O)CC1(NC(=O)c1cncc3ccn(Cc4ccc(C(F)(F)F)cc4)c13)C2. The zero-order valence-electron chi connectivity index (χ0n) is 17.8. The Labute approximate surface area is 187 Å². The number of aromatic nitrogens is 2. The summed E-state index contributed by atoms with van der Waals surface area (Å²) in [7, 11) is 0. The Balaban J connectivity index is 1.38. The van der Waals surface area contributed by atoms with Crippen molar-refractivity contribution in [3.63, 3.8) is 0 Å². The topological polar surface area (TPSA) is 84.2 Å². The van der Waals surface area contributed by atoms with Crippen LogP contribution in [0.2, 0.25) is 0 Å². The van der Waals surface area contributed by atoms with Crippen molar-refractivity contribution in [3.8, 4) is 0 Å². The largest absolute Gasteiger partial charge is 0.481 e. The fourth-order valence-corrected chi connectivity index (χ4v) is 5.66. The van der Waals surface area contributed by atoms with Crippen molar-refractivity contribution in [1.29, 1.82) is 0 Å². The molecule has 3 fully saturated rings. The lowest BCUT2D eigenvalue weighted by atomic mass is 9.32. The lowest BCUT2D eigenvalue weighted by molar-refractivity contribution is -0.222. The Hall–Kier alpha value is -3.36. The van der Waals surface area contributed by atoms with E-state index in [1.165, 1.54) is 18.3 Å². The van der Waals surface area contributed by atoms with Gasteiger partial charge in [-0.1, -0.05) is 19.1 Å². The molecule has 1 atom stereocenters. The van der Waals surface area contributed by atoms with Gasteiger partial charge in [-0.25, -0.2) is 0 Å². The molecule has 6 rings (SSSR count). The minimum absolute atomic E-state index is 0.0798. The molecule has 6 nitrogen and oxygen atoms in total. The number of benzene rings is 1. The smallest absolute Gasteiger partial charge is 0.416 e. The van der Waals surface area contributed by atoms with Gasteiger partial charge in [-0.3, -0.25) is 14.6 Å². The molecule has 172 valence electrons. The molecule has 0 aliphatic heterocycles. The third kappa shape index (κ3) is 3.37. The summed E-state index contributed by atoms with van der Waals surface area (Å²) in [6.07, 6.45) is 1.93. The van der Waals surface area contributed by atoms with Gasteiger partial charge in [0.25, 0.3) is 5.91 Å². The van der Waals surface area contributed by atoms with Crippen LogP contribution in [-0.2, 0) is 17.5 Å². The molecule has 2 aromatic heterocycles. The van der Waals surface area contributed by atoms with Crippen molar-refractivity contribution in [1.82, 2.24) is 14.9 Å². The molecule has 1 amide bonds. The third-order valence-electron chi connectivity index (χ3n) is 7.49. The lowest BCUT2D eigenvalue weighted by Gasteiger charge is -2.75. The average molecular weight is 457 g/mol. The number of aliphatic carboxylic acids is 1. The van der Waals surface area contributed by atoms with Crippen molar-refractivity contribution >= 4 is 22.8 Å². The summed E-state index contributed by atoms with van der Waals surface area (Å²) < 4.78 is 40.4. The molecule has 3 aliphatic carbocycles. The zero-order chi connectivity index (χ0) is 23.6. The van der Waals surface area contributed by atoms with E-state index in [4.69, 9.17) is 5.11 Å². The monoisotopic (exact) mass is 457 g/mol. The molecule has 2 heterocycles. The quantitative estimate of drug-likeness (QED) is 0.572. The fourth-order valence-electron chi connectivity index (χ4n) is 5.66. The van der Waals surface area contributed by atoms with Crippen LogP contribution in [0, 0.1) is 11.3 Å². The molecule has 0 radical (unpaired) electrons. The highest BCUT2D eigenvalue weighted by molar-refractivity contribution is 6.06. The van der Waals surface area contributed by atoms with Crippen LogP contribution < -0.4 is 5.32 Å². The van der Waals surface area contributed by atoms with Crippen LogP contribution in [0.1, 0.15) is 47.7 Å². The van der Waals surface area contributed by atoms with Crippen LogP contribution in [0.25, 0.3) is 10.9 Å². The molecule has 2 N–H and O–H groups in total. The number of carboxylic acids is 1. The molecule has 1 aromatic carbocycles. The summed E-state index contributed by atoms with van der Waals surface area (Å²) in [5.74, 6) is -1.02. The van der Waals surface area contributed by atoms with Gasteiger partial charge in [0.15, 0.2) is 0 Å². The van der Waals surface area contributed by atoms with E-state index in [-0.39, 0.29) is 29.2 Å². The Morgan fingerprint density at radius 2 is 1.88 bits per heavy atom. The van der Waals surface area contributed by atoms with E-state index in [1.807, 2.05) is 17.6 Å². The van der Waals surface area contributed by atoms with Crippen molar-refractivity contribution < 1.29 is 27.9 Å². The highest BCUT2D eigenvalue weighted by Gasteiger charge is 2.74. The Kier molecular flexibility index (Phi) is 4.60. The molecule has 0 spiro atoms. The second-order valence-electron chi connectivity index (χ2n) is 9.38. The van der Waals surface area contributed by atoms with E-state index in [2.05, 4.69) is 10.3 Å². The number of carboxylic acid groups (broad SMARTS) is 1. The number of carbonyl (C=O) groups is 2. The number of amides is 1. The van der Waals surface area contributed by atoms with Crippen molar-refractivity contribution in [2.75, 3.05) is 0 Å². The minimum Gasteiger partial charge on any atom is -0.481 e. The van der Waals surface area contributed by atoms with Gasteiger partial charge in [0.2, 0.25) is 0 Å². The Morgan fingerprint density at radius 1 is 1.18 bits per heavy atom. The molecule has 9 heteroatoms. The van der Waals surface area contributed by atoms with E-state index in [1.54, 1.807) is 12.4 Å². The van der Waals surface area contributed by atoms with Crippen molar-refractivity contribution in [3.05, 3.63) is 65.6 Å². The predicted molar refractivity (Wildman–Crippen MR) is 114 cm³/mol. The highest BCUT2D eigenvalue weighted by Crippen LogP contribution is 2.72. The summed E-state index contributed by atoms with van der Waals surface area (Å²) in [4.78, 5) is 28.5. The number of rotatable bonds is 6. The number of fused-ring (bicyclic) bond motifs is 1. The van der Waals surface area contributed by atoms with Crippen molar-refractivity contribution in [2.45, 2.75) is 44.4 Å². The van der Waals surface area contributed by atoms with E-state index < -0.39 is 17.7 Å². The zero-order valence-corrected chi connectivity index (χ0v) is 17.8. The summed E-state index contributed by atoms with van der Waals surface area (Å²) in [6, 6.07) is 6.78. The van der Waals surface area contributed by atoms with Gasteiger partial charge in [0.1, 0.15) is 0 Å². The number of nitrogens with zero attached hydrogens (tertiary/aromatic N) is 2. The first-order valence-corrected chi connectivity index (χ1v) is 10.7. The number of pyridine rings is 1. The summed E-state index contributed by atoms with van der Waals surface area (Å²) in [5.41, 5.74) is 0.384. The lowest BCUT2D eigenvalue weighted by Crippen LogP contribution is -2.81. The number of halogens is 3. The molecular weight excluding hydrogens is 435 g/mol. The van der Waals surface area contributed by atoms with Crippen LogP contribution >= 0.6 is 0 Å². The van der Waals surface area contributed by atoms with Gasteiger partial charge < -0.3 is 15.0 Å². The number of alkyl halides is 3. The van der Waals surface area contributed by atoms with Gasteiger partial charge in [-0.15, -0.1) is 0 Å². The van der Waals surface area contributed by atoms with Gasteiger partial charge in [-0.05, 0) is 47.9 Å². The van der Waals surface area contributed by atoms with E-state index in [0.29, 0.717) is 36.0 Å². The highest BCUT2D eigenvalue weighted by atomic mass is 19.4. The second kappa shape index (κ2) is 7.07. The van der Waals surface area contributed by atoms with Crippen molar-refractivity contribution in [2.24, 2.45) is 11.3 Å². The molecule has 2 bridgehead atoms. The van der Waals surface area contributed by atoms with Crippen LogP contribution in [0.15, 0.2) is 48.9 Å². The predicted octanol–water partition coefficient (Wildman–Crippen LogP) is 4.48. The first-order valence-electron chi connectivity index (χ1n) is 10.7. The standard InChI is InChI=1S/C24H22F3N3O3/c1-14-22(8-19(31)32)12-23(14,13-22)29-21(33)18-10-28-9-16-6-7-30(20(16)18)11-15-2-4-17(5-3-15)24(25,26)27/h2-7,9-10,14H,8,11-13H2,1H3,(H,29,33)(H,31,32)/t14-,22?,23?/m0/s1. The van der Waals surface area contributed by atoms with Gasteiger partial charge in [0.05, 0.1) is 23.1 Å². The van der Waals surface area contributed by atoms with Gasteiger partial charge >= 0.3 is 12.1 Å².